The Hall–Kier alpha value is -1.15. The molecule has 0 spiro atoms. The first-order valence-electron chi connectivity index (χ1n) is 9.81. The van der Waals surface area contributed by atoms with Crippen molar-refractivity contribution in [1.29, 1.82) is 0 Å². The molecule has 1 aliphatic carbocycles. The third kappa shape index (κ3) is 5.67. The van der Waals surface area contributed by atoms with Crippen LogP contribution in [0.1, 0.15) is 32.1 Å². The molecular formula is C19H29ClN3O3S+. The Labute approximate surface area is 166 Å². The van der Waals surface area contributed by atoms with Crippen molar-refractivity contribution in [3.63, 3.8) is 0 Å². The second-order valence-electron chi connectivity index (χ2n) is 7.60. The van der Waals surface area contributed by atoms with Gasteiger partial charge in [0.05, 0.1) is 31.1 Å². The van der Waals surface area contributed by atoms with Gasteiger partial charge in [0.15, 0.2) is 6.54 Å². The van der Waals surface area contributed by atoms with Crippen LogP contribution in [0.4, 0.5) is 0 Å². The van der Waals surface area contributed by atoms with Gasteiger partial charge in [-0.25, -0.2) is 8.42 Å². The topological polar surface area (TPSA) is 70.9 Å². The van der Waals surface area contributed by atoms with E-state index in [1.54, 1.807) is 18.2 Å². The lowest BCUT2D eigenvalue weighted by Gasteiger charge is -2.31. The summed E-state index contributed by atoms with van der Waals surface area (Å²) in [5, 5.41) is 3.48. The average molecular weight is 415 g/mol. The molecule has 150 valence electrons. The summed E-state index contributed by atoms with van der Waals surface area (Å²) in [6.45, 7) is 3.30. The monoisotopic (exact) mass is 414 g/mol. The molecule has 0 bridgehead atoms. The summed E-state index contributed by atoms with van der Waals surface area (Å²) in [6, 6.07) is 6.36. The van der Waals surface area contributed by atoms with Gasteiger partial charge < -0.3 is 10.2 Å². The van der Waals surface area contributed by atoms with Crippen molar-refractivity contribution in [2.24, 2.45) is 5.92 Å². The van der Waals surface area contributed by atoms with Crippen LogP contribution in [0.25, 0.3) is 0 Å². The van der Waals surface area contributed by atoms with Crippen molar-refractivity contribution >= 4 is 27.5 Å². The highest BCUT2D eigenvalue weighted by Crippen LogP contribution is 2.22. The van der Waals surface area contributed by atoms with Crippen LogP contribution in [0.15, 0.2) is 29.2 Å². The van der Waals surface area contributed by atoms with Crippen molar-refractivity contribution in [2.75, 3.05) is 39.3 Å². The Morgan fingerprint density at radius 2 is 1.89 bits per heavy atom. The number of amides is 1. The number of sulfonamides is 1. The highest BCUT2D eigenvalue weighted by molar-refractivity contribution is 7.89. The Morgan fingerprint density at radius 3 is 2.56 bits per heavy atom. The second kappa shape index (κ2) is 9.37. The lowest BCUT2D eigenvalue weighted by molar-refractivity contribution is -0.895. The lowest BCUT2D eigenvalue weighted by atomic mass is 9.89. The molecule has 1 aliphatic heterocycles. The molecule has 1 aromatic rings. The number of carbonyl (C=O) groups excluding carboxylic acids is 1. The molecule has 0 aromatic heterocycles. The van der Waals surface area contributed by atoms with E-state index in [2.05, 4.69) is 5.32 Å². The third-order valence-corrected chi connectivity index (χ3v) is 7.72. The van der Waals surface area contributed by atoms with Gasteiger partial charge in [0.2, 0.25) is 10.0 Å². The molecular weight excluding hydrogens is 386 g/mol. The van der Waals surface area contributed by atoms with Gasteiger partial charge in [-0.05, 0) is 37.0 Å². The van der Waals surface area contributed by atoms with Gasteiger partial charge in [0.25, 0.3) is 5.91 Å². The Balaban J connectivity index is 1.45. The zero-order chi connectivity index (χ0) is 19.3. The number of carbonyl (C=O) groups is 1. The number of piperazine rings is 1. The summed E-state index contributed by atoms with van der Waals surface area (Å²) in [7, 11) is -3.53. The van der Waals surface area contributed by atoms with E-state index in [-0.39, 0.29) is 10.8 Å². The van der Waals surface area contributed by atoms with Crippen LogP contribution < -0.4 is 10.2 Å². The zero-order valence-corrected chi connectivity index (χ0v) is 17.2. The first-order valence-corrected chi connectivity index (χ1v) is 11.6. The number of rotatable bonds is 6. The number of nitrogens with one attached hydrogen (secondary N) is 2. The predicted molar refractivity (Wildman–Crippen MR) is 105 cm³/mol. The fourth-order valence-electron chi connectivity index (χ4n) is 3.94. The van der Waals surface area contributed by atoms with Gasteiger partial charge in [-0.3, -0.25) is 4.79 Å². The van der Waals surface area contributed by atoms with E-state index in [0.717, 1.165) is 11.4 Å². The van der Waals surface area contributed by atoms with Crippen LogP contribution in [0.3, 0.4) is 0 Å². The molecule has 2 N–H and O–H groups in total. The molecule has 0 radical (unpaired) electrons. The first kappa shape index (κ1) is 20.6. The minimum atomic E-state index is -3.53. The van der Waals surface area contributed by atoms with Crippen LogP contribution in [-0.2, 0) is 14.8 Å². The quantitative estimate of drug-likeness (QED) is 0.727. The van der Waals surface area contributed by atoms with Gasteiger partial charge in [0, 0.05) is 11.6 Å². The molecule has 1 amide bonds. The summed E-state index contributed by atoms with van der Waals surface area (Å²) >= 11 is 5.92. The summed E-state index contributed by atoms with van der Waals surface area (Å²) < 4.78 is 26.9. The van der Waals surface area contributed by atoms with E-state index in [1.807, 2.05) is 0 Å². The van der Waals surface area contributed by atoms with Crippen molar-refractivity contribution < 1.29 is 18.1 Å². The van der Waals surface area contributed by atoms with Crippen molar-refractivity contribution in [2.45, 2.75) is 37.0 Å². The molecule has 0 atom stereocenters. The minimum Gasteiger partial charge on any atom is -0.351 e. The zero-order valence-electron chi connectivity index (χ0n) is 15.6. The number of quaternary nitrogens is 1. The molecule has 0 unspecified atom stereocenters. The molecule has 8 heteroatoms. The van der Waals surface area contributed by atoms with Crippen molar-refractivity contribution in [3.8, 4) is 0 Å². The predicted octanol–water partition coefficient (Wildman–Crippen LogP) is 0.926. The number of hydrogen-bond acceptors (Lipinski definition) is 3. The fourth-order valence-corrected chi connectivity index (χ4v) is 5.68. The van der Waals surface area contributed by atoms with Crippen LogP contribution in [-0.4, -0.2) is 57.9 Å². The molecule has 1 aromatic carbocycles. The summed E-state index contributed by atoms with van der Waals surface area (Å²) in [5.74, 6) is 0.694. The minimum absolute atomic E-state index is 0.0710. The fraction of sp³-hybridized carbons (Fsp3) is 0.632. The van der Waals surface area contributed by atoms with Crippen molar-refractivity contribution in [1.82, 2.24) is 9.62 Å². The van der Waals surface area contributed by atoms with Crippen LogP contribution >= 0.6 is 11.6 Å². The molecule has 2 aliphatic rings. The number of hydrogen-bond donors (Lipinski definition) is 2. The van der Waals surface area contributed by atoms with Gasteiger partial charge in [0.1, 0.15) is 0 Å². The van der Waals surface area contributed by atoms with Crippen LogP contribution in [0, 0.1) is 5.92 Å². The van der Waals surface area contributed by atoms with E-state index >= 15 is 0 Å². The van der Waals surface area contributed by atoms with Gasteiger partial charge in [-0.15, -0.1) is 0 Å². The van der Waals surface area contributed by atoms with E-state index in [4.69, 9.17) is 11.6 Å². The molecule has 1 heterocycles. The largest absolute Gasteiger partial charge is 0.351 e. The SMILES string of the molecule is O=C(C[NH+]1CCN(S(=O)(=O)c2cccc(Cl)c2)CC1)NCC1CCCCC1. The third-order valence-electron chi connectivity index (χ3n) is 5.59. The maximum absolute atomic E-state index is 12.7. The van der Waals surface area contributed by atoms with E-state index < -0.39 is 10.0 Å². The summed E-state index contributed by atoms with van der Waals surface area (Å²) in [6.07, 6.45) is 6.29. The Kier molecular flexibility index (Phi) is 7.14. The molecule has 6 nitrogen and oxygen atoms in total. The van der Waals surface area contributed by atoms with Crippen LogP contribution in [0.5, 0.6) is 0 Å². The molecule has 3 rings (SSSR count). The Bertz CT molecular complexity index is 742. The van der Waals surface area contributed by atoms with Gasteiger partial charge >= 0.3 is 0 Å². The summed E-state index contributed by atoms with van der Waals surface area (Å²) in [5.41, 5.74) is 0. The van der Waals surface area contributed by atoms with E-state index in [9.17, 15) is 13.2 Å². The average Bonchev–Trinajstić information content (AvgIpc) is 2.68. The number of benzene rings is 1. The highest BCUT2D eigenvalue weighted by atomic mass is 35.5. The van der Waals surface area contributed by atoms with E-state index in [1.165, 1.54) is 42.5 Å². The van der Waals surface area contributed by atoms with Gasteiger partial charge in [-0.1, -0.05) is 36.9 Å². The molecule has 2 fully saturated rings. The first-order chi connectivity index (χ1) is 12.9. The highest BCUT2D eigenvalue weighted by Gasteiger charge is 2.31. The smallest absolute Gasteiger partial charge is 0.275 e. The molecule has 1 saturated carbocycles. The summed E-state index contributed by atoms with van der Waals surface area (Å²) in [4.78, 5) is 13.6. The van der Waals surface area contributed by atoms with Crippen molar-refractivity contribution in [3.05, 3.63) is 29.3 Å². The lowest BCUT2D eigenvalue weighted by Crippen LogP contribution is -3.15. The number of nitrogens with zero attached hydrogens (tertiary/aromatic N) is 1. The van der Waals surface area contributed by atoms with E-state index in [0.29, 0.717) is 43.7 Å². The molecule has 27 heavy (non-hydrogen) atoms. The normalized spacial score (nSPS) is 20.5. The van der Waals surface area contributed by atoms with Crippen LogP contribution in [0.2, 0.25) is 5.02 Å². The number of halogens is 1. The second-order valence-corrected chi connectivity index (χ2v) is 9.97. The standard InChI is InChI=1S/C19H28ClN3O3S/c20-17-7-4-8-18(13-17)27(25,26)23-11-9-22(10-12-23)15-19(24)21-14-16-5-2-1-3-6-16/h4,7-8,13,16H,1-3,5-6,9-12,14-15H2,(H,21,24)/p+1. The molecule has 1 saturated heterocycles. The Morgan fingerprint density at radius 1 is 1.19 bits per heavy atom. The maximum atomic E-state index is 12.7. The van der Waals surface area contributed by atoms with Gasteiger partial charge in [-0.2, -0.15) is 4.31 Å². The maximum Gasteiger partial charge on any atom is 0.275 e.